The molecule has 0 fully saturated rings. The Labute approximate surface area is 185 Å². The van der Waals surface area contributed by atoms with Gasteiger partial charge < -0.3 is 5.32 Å². The number of amides is 1. The molecule has 0 atom stereocenters. The molecular formula is C20H18FN7OS2. The molecule has 0 aliphatic heterocycles. The van der Waals surface area contributed by atoms with Crippen molar-refractivity contribution in [2.75, 3.05) is 5.32 Å². The van der Waals surface area contributed by atoms with Gasteiger partial charge in [-0.3, -0.25) is 4.79 Å². The molecule has 0 radical (unpaired) electrons. The molecule has 31 heavy (non-hydrogen) atoms. The minimum atomic E-state index is -0.393. The predicted octanol–water partition coefficient (Wildman–Crippen LogP) is 4.32. The Morgan fingerprint density at radius 2 is 1.84 bits per heavy atom. The molecule has 0 unspecified atom stereocenters. The second-order valence-corrected chi connectivity index (χ2v) is 8.87. The number of nitrogens with one attached hydrogen (secondary N) is 1. The Kier molecular flexibility index (Phi) is 6.33. The van der Waals surface area contributed by atoms with Crippen LogP contribution in [0.3, 0.4) is 0 Å². The quantitative estimate of drug-likeness (QED) is 0.414. The molecule has 2 heterocycles. The second-order valence-electron chi connectivity index (χ2n) is 6.87. The lowest BCUT2D eigenvalue weighted by Gasteiger charge is -2.07. The van der Waals surface area contributed by atoms with Gasteiger partial charge in [-0.25, -0.2) is 4.39 Å². The van der Waals surface area contributed by atoms with Gasteiger partial charge in [0.05, 0.1) is 11.4 Å². The number of tetrazole rings is 1. The van der Waals surface area contributed by atoms with Gasteiger partial charge in [0.15, 0.2) is 0 Å². The number of hydrogen-bond donors (Lipinski definition) is 1. The summed E-state index contributed by atoms with van der Waals surface area (Å²) in [6, 6.07) is 13.6. The highest BCUT2D eigenvalue weighted by atomic mass is 32.2. The standard InChI is InChI=1S/C20H18FN7OS2/c1-12(2)13-3-9-16(10-4-13)28-20(25-26-27-28)30-11-17-23-24-19(31-17)18(29)22-15-7-5-14(21)6-8-15/h3-10,12H,11H2,1-2H3,(H,22,29). The molecule has 8 nitrogen and oxygen atoms in total. The zero-order valence-corrected chi connectivity index (χ0v) is 18.3. The maximum atomic E-state index is 13.0. The van der Waals surface area contributed by atoms with Crippen LogP contribution in [0.1, 0.15) is 40.1 Å². The first-order valence-corrected chi connectivity index (χ1v) is 11.2. The lowest BCUT2D eigenvalue weighted by molar-refractivity contribution is 0.102. The number of hydrogen-bond acceptors (Lipinski definition) is 8. The van der Waals surface area contributed by atoms with E-state index in [1.165, 1.54) is 52.9 Å². The third-order valence-corrected chi connectivity index (χ3v) is 6.37. The molecule has 0 saturated carbocycles. The first-order chi connectivity index (χ1) is 15.0. The molecule has 158 valence electrons. The van der Waals surface area contributed by atoms with Gasteiger partial charge in [-0.2, -0.15) is 4.68 Å². The number of aromatic nitrogens is 6. The van der Waals surface area contributed by atoms with E-state index in [0.29, 0.717) is 27.5 Å². The van der Waals surface area contributed by atoms with Gasteiger partial charge in [-0.1, -0.05) is 49.1 Å². The molecule has 2 aromatic heterocycles. The van der Waals surface area contributed by atoms with Crippen LogP contribution in [-0.4, -0.2) is 36.3 Å². The summed E-state index contributed by atoms with van der Waals surface area (Å²) in [6.45, 7) is 4.28. The monoisotopic (exact) mass is 455 g/mol. The fourth-order valence-corrected chi connectivity index (χ4v) is 4.29. The van der Waals surface area contributed by atoms with E-state index in [-0.39, 0.29) is 10.8 Å². The third kappa shape index (κ3) is 5.12. The average Bonchev–Trinajstić information content (AvgIpc) is 3.43. The molecule has 1 N–H and O–H groups in total. The van der Waals surface area contributed by atoms with Crippen LogP contribution in [0.2, 0.25) is 0 Å². The SMILES string of the molecule is CC(C)c1ccc(-n2nnnc2SCc2nnc(C(=O)Nc3ccc(F)cc3)s2)cc1. The molecule has 4 rings (SSSR count). The molecule has 0 bridgehead atoms. The van der Waals surface area contributed by atoms with Crippen molar-refractivity contribution in [2.24, 2.45) is 0 Å². The van der Waals surface area contributed by atoms with Gasteiger partial charge in [-0.15, -0.1) is 15.3 Å². The van der Waals surface area contributed by atoms with Crippen LogP contribution >= 0.6 is 23.1 Å². The Bertz CT molecular complexity index is 1170. The summed E-state index contributed by atoms with van der Waals surface area (Å²) in [7, 11) is 0. The van der Waals surface area contributed by atoms with E-state index >= 15 is 0 Å². The lowest BCUT2D eigenvalue weighted by Crippen LogP contribution is -2.11. The fourth-order valence-electron chi connectivity index (χ4n) is 2.68. The predicted molar refractivity (Wildman–Crippen MR) is 117 cm³/mol. The Hall–Kier alpha value is -3.18. The van der Waals surface area contributed by atoms with Crippen LogP contribution in [-0.2, 0) is 5.75 Å². The normalized spacial score (nSPS) is 11.1. The van der Waals surface area contributed by atoms with Crippen LogP contribution in [0, 0.1) is 5.82 Å². The minimum Gasteiger partial charge on any atom is -0.320 e. The molecule has 0 aliphatic rings. The minimum absolute atomic E-state index is 0.226. The van der Waals surface area contributed by atoms with Crippen molar-refractivity contribution >= 4 is 34.7 Å². The summed E-state index contributed by atoms with van der Waals surface area (Å²) in [5.74, 6) is 0.150. The summed E-state index contributed by atoms with van der Waals surface area (Å²) in [5, 5.41) is 24.1. The van der Waals surface area contributed by atoms with E-state index in [1.54, 1.807) is 4.68 Å². The van der Waals surface area contributed by atoms with E-state index in [2.05, 4.69) is 57.0 Å². The van der Waals surface area contributed by atoms with Gasteiger partial charge in [-0.05, 0) is 58.3 Å². The van der Waals surface area contributed by atoms with Crippen LogP contribution in [0.15, 0.2) is 53.7 Å². The molecule has 1 amide bonds. The van der Waals surface area contributed by atoms with Crippen molar-refractivity contribution in [1.82, 2.24) is 30.4 Å². The molecule has 0 aliphatic carbocycles. The van der Waals surface area contributed by atoms with Crippen LogP contribution in [0.5, 0.6) is 0 Å². The highest BCUT2D eigenvalue weighted by Crippen LogP contribution is 2.25. The number of nitrogens with zero attached hydrogens (tertiary/aromatic N) is 6. The highest BCUT2D eigenvalue weighted by molar-refractivity contribution is 7.98. The maximum absolute atomic E-state index is 13.0. The van der Waals surface area contributed by atoms with Gasteiger partial charge >= 0.3 is 0 Å². The van der Waals surface area contributed by atoms with Crippen molar-refractivity contribution in [3.05, 3.63) is 69.9 Å². The summed E-state index contributed by atoms with van der Waals surface area (Å²) >= 11 is 2.59. The summed E-state index contributed by atoms with van der Waals surface area (Å²) in [5.41, 5.74) is 2.60. The second kappa shape index (κ2) is 9.31. The third-order valence-electron chi connectivity index (χ3n) is 4.33. The van der Waals surface area contributed by atoms with Gasteiger partial charge in [0, 0.05) is 5.69 Å². The molecule has 11 heteroatoms. The summed E-state index contributed by atoms with van der Waals surface area (Å²) in [4.78, 5) is 12.3. The molecule has 4 aromatic rings. The number of halogens is 1. The number of rotatable bonds is 7. The average molecular weight is 456 g/mol. The number of carbonyl (C=O) groups excluding carboxylic acids is 1. The Balaban J connectivity index is 1.39. The molecule has 0 spiro atoms. The number of thioether (sulfide) groups is 1. The smallest absolute Gasteiger partial charge is 0.286 e. The van der Waals surface area contributed by atoms with E-state index in [1.807, 2.05) is 12.1 Å². The van der Waals surface area contributed by atoms with Gasteiger partial charge in [0.25, 0.3) is 5.91 Å². The number of anilines is 1. The van der Waals surface area contributed by atoms with Gasteiger partial charge in [0.2, 0.25) is 10.2 Å². The van der Waals surface area contributed by atoms with E-state index < -0.39 is 5.91 Å². The first-order valence-electron chi connectivity index (χ1n) is 9.40. The van der Waals surface area contributed by atoms with Crippen molar-refractivity contribution < 1.29 is 9.18 Å². The van der Waals surface area contributed by atoms with Crippen molar-refractivity contribution in [3.63, 3.8) is 0 Å². The van der Waals surface area contributed by atoms with E-state index in [0.717, 1.165) is 5.69 Å². The van der Waals surface area contributed by atoms with Crippen molar-refractivity contribution in [3.8, 4) is 5.69 Å². The summed E-state index contributed by atoms with van der Waals surface area (Å²) in [6.07, 6.45) is 0. The number of carbonyl (C=O) groups is 1. The Morgan fingerprint density at radius 3 is 2.55 bits per heavy atom. The van der Waals surface area contributed by atoms with E-state index in [9.17, 15) is 9.18 Å². The maximum Gasteiger partial charge on any atom is 0.286 e. The zero-order valence-electron chi connectivity index (χ0n) is 16.7. The first kappa shape index (κ1) is 21.1. The van der Waals surface area contributed by atoms with Crippen molar-refractivity contribution in [2.45, 2.75) is 30.7 Å². The lowest BCUT2D eigenvalue weighted by atomic mass is 10.0. The fraction of sp³-hybridized carbons (Fsp3) is 0.200. The Morgan fingerprint density at radius 1 is 1.10 bits per heavy atom. The number of benzene rings is 2. The van der Waals surface area contributed by atoms with Crippen LogP contribution < -0.4 is 5.32 Å². The topological polar surface area (TPSA) is 98.5 Å². The van der Waals surface area contributed by atoms with Gasteiger partial charge in [0.1, 0.15) is 10.8 Å². The molecule has 2 aromatic carbocycles. The van der Waals surface area contributed by atoms with Crippen LogP contribution in [0.25, 0.3) is 5.69 Å². The molecule has 0 saturated heterocycles. The van der Waals surface area contributed by atoms with Crippen LogP contribution in [0.4, 0.5) is 10.1 Å². The van der Waals surface area contributed by atoms with Crippen molar-refractivity contribution in [1.29, 1.82) is 0 Å². The van der Waals surface area contributed by atoms with E-state index in [4.69, 9.17) is 0 Å². The zero-order chi connectivity index (χ0) is 21.8. The molecular weight excluding hydrogens is 437 g/mol. The highest BCUT2D eigenvalue weighted by Gasteiger charge is 2.15. The summed E-state index contributed by atoms with van der Waals surface area (Å²) < 4.78 is 14.7. The largest absolute Gasteiger partial charge is 0.320 e.